The highest BCUT2D eigenvalue weighted by atomic mass is 19.4. The van der Waals surface area contributed by atoms with Crippen molar-refractivity contribution in [1.29, 1.82) is 0 Å². The Bertz CT molecular complexity index is 1200. The molecule has 3 atom stereocenters. The number of aromatic nitrogens is 4. The second kappa shape index (κ2) is 9.79. The molecule has 3 N–H and O–H groups in total. The van der Waals surface area contributed by atoms with E-state index in [9.17, 15) is 32.3 Å². The molecule has 2 aromatic heterocycles. The molecule has 0 aromatic carbocycles. The summed E-state index contributed by atoms with van der Waals surface area (Å²) in [7, 11) is 1.39. The third-order valence-electron chi connectivity index (χ3n) is 8.00. The van der Waals surface area contributed by atoms with Crippen molar-refractivity contribution in [2.45, 2.75) is 81.3 Å². The summed E-state index contributed by atoms with van der Waals surface area (Å²) in [6.07, 6.45) is -2.27. The van der Waals surface area contributed by atoms with Gasteiger partial charge in [-0.2, -0.15) is 13.2 Å². The van der Waals surface area contributed by atoms with Crippen LogP contribution in [0, 0.1) is 11.7 Å². The van der Waals surface area contributed by atoms with Gasteiger partial charge in [0.25, 0.3) is 5.91 Å². The molecule has 206 valence electrons. The van der Waals surface area contributed by atoms with E-state index in [-0.39, 0.29) is 59.8 Å². The third kappa shape index (κ3) is 4.81. The van der Waals surface area contributed by atoms with Crippen molar-refractivity contribution in [3.8, 4) is 17.3 Å². The Hall–Kier alpha value is -3.29. The number of carbonyl (C=O) groups excluding carboxylic acids is 2. The molecule has 0 unspecified atom stereocenters. The molecule has 2 saturated heterocycles. The number of aliphatic hydroxyl groups is 1. The van der Waals surface area contributed by atoms with Crippen molar-refractivity contribution in [2.24, 2.45) is 5.92 Å². The first-order chi connectivity index (χ1) is 18.0. The van der Waals surface area contributed by atoms with Gasteiger partial charge < -0.3 is 20.1 Å². The second-order valence-electron chi connectivity index (χ2n) is 10.3. The number of carbonyl (C=O) groups is 2. The number of amides is 2. The number of nitrogens with zero attached hydrogens (tertiary/aromatic N) is 4. The largest absolute Gasteiger partial charge is 0.481 e. The molecule has 10 nitrogen and oxygen atoms in total. The van der Waals surface area contributed by atoms with E-state index in [4.69, 9.17) is 4.74 Å². The highest BCUT2D eigenvalue weighted by Crippen LogP contribution is 2.42. The van der Waals surface area contributed by atoms with Crippen LogP contribution in [-0.4, -0.2) is 79.0 Å². The molecule has 1 aliphatic carbocycles. The summed E-state index contributed by atoms with van der Waals surface area (Å²) in [4.78, 5) is 35.9. The van der Waals surface area contributed by atoms with Gasteiger partial charge in [-0.05, 0) is 51.4 Å². The van der Waals surface area contributed by atoms with Crippen LogP contribution in [0.25, 0.3) is 11.4 Å². The monoisotopic (exact) mass is 540 g/mol. The number of piperidine rings is 1. The first kappa shape index (κ1) is 26.3. The first-order valence-corrected chi connectivity index (χ1v) is 12.5. The van der Waals surface area contributed by atoms with E-state index in [0.717, 1.165) is 6.20 Å². The van der Waals surface area contributed by atoms with Gasteiger partial charge in [-0.3, -0.25) is 14.7 Å². The normalized spacial score (nSPS) is 29.3. The molecule has 2 aromatic rings. The van der Waals surface area contributed by atoms with Crippen molar-refractivity contribution < 1.29 is 37.0 Å². The van der Waals surface area contributed by atoms with Crippen LogP contribution in [0.5, 0.6) is 5.88 Å². The molecular formula is C24H28F4N6O4. The van der Waals surface area contributed by atoms with E-state index in [1.54, 1.807) is 4.90 Å². The number of halogens is 4. The van der Waals surface area contributed by atoms with Gasteiger partial charge in [-0.25, -0.2) is 14.4 Å². The fraction of sp³-hybridized carbons (Fsp3) is 0.625. The molecule has 5 rings (SSSR count). The lowest BCUT2D eigenvalue weighted by molar-refractivity contribution is -0.270. The summed E-state index contributed by atoms with van der Waals surface area (Å²) >= 11 is 0. The van der Waals surface area contributed by atoms with Crippen LogP contribution in [0.4, 0.5) is 17.6 Å². The Labute approximate surface area is 215 Å². The zero-order valence-electron chi connectivity index (χ0n) is 20.6. The molecule has 2 amide bonds. The topological polar surface area (TPSA) is 133 Å². The molecule has 38 heavy (non-hydrogen) atoms. The Morgan fingerprint density at radius 2 is 1.84 bits per heavy atom. The van der Waals surface area contributed by atoms with Crippen molar-refractivity contribution in [1.82, 2.24) is 30.4 Å². The van der Waals surface area contributed by atoms with Crippen LogP contribution in [0.15, 0.2) is 12.3 Å². The Balaban J connectivity index is 1.20. The zero-order valence-corrected chi connectivity index (χ0v) is 20.6. The van der Waals surface area contributed by atoms with Crippen LogP contribution in [0.1, 0.15) is 62.0 Å². The molecule has 2 aliphatic heterocycles. The van der Waals surface area contributed by atoms with Crippen LogP contribution < -0.4 is 10.1 Å². The van der Waals surface area contributed by atoms with Crippen molar-refractivity contribution in [3.63, 3.8) is 0 Å². The molecule has 4 heterocycles. The maximum Gasteiger partial charge on any atom is 0.417 e. The fourth-order valence-electron chi connectivity index (χ4n) is 5.87. The average molecular weight is 541 g/mol. The van der Waals surface area contributed by atoms with Gasteiger partial charge in [0.05, 0.1) is 18.9 Å². The number of methoxy groups -OCH3 is 1. The molecule has 2 bridgehead atoms. The zero-order chi connectivity index (χ0) is 27.2. The van der Waals surface area contributed by atoms with E-state index in [1.807, 2.05) is 0 Å². The molecule has 0 spiro atoms. The standard InChI is InChI=1S/C24H28F4N6O4/c1-38-18-10-16(17(25)11-29-18)19-31-20(33-32-19)22(36)34-14-2-3-15(34)9-12(8-14)21(35)30-13-4-6-23(37,7-5-13)24(26,27)28/h10-15,37H,2-9H2,1H3,(H,30,35)(H,31,32,33)/t12-,13-,14-,15+,23-. The summed E-state index contributed by atoms with van der Waals surface area (Å²) in [5.74, 6) is -1.58. The SMILES string of the molecule is COc1cc(-c2nc(C(=O)N3[C@@H]4CC[C@H]3C[C@H](C(=O)N[C@H]3CC[C@@](O)(C(F)(F)F)CC3)C4)n[nH]2)c(F)cn1. The number of ether oxygens (including phenoxy) is 1. The number of hydrogen-bond donors (Lipinski definition) is 3. The van der Waals surface area contributed by atoms with Gasteiger partial charge in [0.2, 0.25) is 17.6 Å². The van der Waals surface area contributed by atoms with E-state index >= 15 is 0 Å². The maximum absolute atomic E-state index is 14.3. The number of nitrogens with one attached hydrogen (secondary N) is 2. The van der Waals surface area contributed by atoms with E-state index in [2.05, 4.69) is 25.5 Å². The minimum absolute atomic E-state index is 0.0447. The van der Waals surface area contributed by atoms with Crippen molar-refractivity contribution in [2.75, 3.05) is 7.11 Å². The molecule has 3 fully saturated rings. The highest BCUT2D eigenvalue weighted by molar-refractivity contribution is 5.92. The quantitative estimate of drug-likeness (QED) is 0.497. The van der Waals surface area contributed by atoms with E-state index < -0.39 is 42.4 Å². The van der Waals surface area contributed by atoms with Gasteiger partial charge in [0.1, 0.15) is 0 Å². The lowest BCUT2D eigenvalue weighted by Crippen LogP contribution is -2.53. The van der Waals surface area contributed by atoms with Gasteiger partial charge in [-0.15, -0.1) is 5.10 Å². The number of alkyl halides is 3. The maximum atomic E-state index is 14.3. The smallest absolute Gasteiger partial charge is 0.417 e. The Morgan fingerprint density at radius 3 is 2.45 bits per heavy atom. The lowest BCUT2D eigenvalue weighted by Gasteiger charge is -2.40. The summed E-state index contributed by atoms with van der Waals surface area (Å²) in [6, 6.07) is 0.492. The fourth-order valence-corrected chi connectivity index (χ4v) is 5.87. The van der Waals surface area contributed by atoms with Crippen LogP contribution in [0.3, 0.4) is 0 Å². The summed E-state index contributed by atoms with van der Waals surface area (Å²) in [5, 5.41) is 19.3. The highest BCUT2D eigenvalue weighted by Gasteiger charge is 2.55. The summed E-state index contributed by atoms with van der Waals surface area (Å²) in [6.45, 7) is 0. The number of fused-ring (bicyclic) bond motifs is 2. The lowest BCUT2D eigenvalue weighted by atomic mass is 9.81. The minimum atomic E-state index is -4.69. The van der Waals surface area contributed by atoms with E-state index in [1.165, 1.54) is 13.2 Å². The number of H-pyrrole nitrogens is 1. The van der Waals surface area contributed by atoms with Gasteiger partial charge in [0, 0.05) is 30.1 Å². The van der Waals surface area contributed by atoms with Gasteiger partial charge in [0.15, 0.2) is 17.2 Å². The first-order valence-electron chi connectivity index (χ1n) is 12.5. The molecule has 1 saturated carbocycles. The van der Waals surface area contributed by atoms with Crippen LogP contribution >= 0.6 is 0 Å². The molecule has 3 aliphatic rings. The number of pyridine rings is 1. The number of rotatable bonds is 5. The minimum Gasteiger partial charge on any atom is -0.481 e. The molecular weight excluding hydrogens is 512 g/mol. The van der Waals surface area contributed by atoms with Crippen molar-refractivity contribution >= 4 is 11.8 Å². The summed E-state index contributed by atoms with van der Waals surface area (Å²) < 4.78 is 58.4. The summed E-state index contributed by atoms with van der Waals surface area (Å²) in [5.41, 5.74) is -2.65. The van der Waals surface area contributed by atoms with Gasteiger partial charge in [-0.1, -0.05) is 0 Å². The number of aromatic amines is 1. The molecule has 14 heteroatoms. The van der Waals surface area contributed by atoms with Crippen LogP contribution in [0.2, 0.25) is 0 Å². The second-order valence-corrected chi connectivity index (χ2v) is 10.3. The predicted molar refractivity (Wildman–Crippen MR) is 123 cm³/mol. The number of hydrogen-bond acceptors (Lipinski definition) is 7. The third-order valence-corrected chi connectivity index (χ3v) is 8.00. The van der Waals surface area contributed by atoms with Crippen molar-refractivity contribution in [3.05, 3.63) is 23.9 Å². The molecule has 0 radical (unpaired) electrons. The van der Waals surface area contributed by atoms with Crippen LogP contribution in [-0.2, 0) is 4.79 Å². The van der Waals surface area contributed by atoms with Gasteiger partial charge >= 0.3 is 6.18 Å². The van der Waals surface area contributed by atoms with E-state index in [0.29, 0.717) is 25.7 Å². The Kier molecular flexibility index (Phi) is 6.78. The Morgan fingerprint density at radius 1 is 1.18 bits per heavy atom. The average Bonchev–Trinajstić information content (AvgIpc) is 3.47. The predicted octanol–water partition coefficient (Wildman–Crippen LogP) is 2.75.